The summed E-state index contributed by atoms with van der Waals surface area (Å²) in [6, 6.07) is 6.83. The number of aromatic amines is 1. The van der Waals surface area contributed by atoms with Gasteiger partial charge >= 0.3 is 6.01 Å². The summed E-state index contributed by atoms with van der Waals surface area (Å²) in [5.74, 6) is 0.600. The zero-order valence-corrected chi connectivity index (χ0v) is 13.7. The highest BCUT2D eigenvalue weighted by Crippen LogP contribution is 2.30. The molecule has 0 radical (unpaired) electrons. The number of nitrogens with two attached hydrogens (primary N) is 1. The lowest BCUT2D eigenvalue weighted by molar-refractivity contribution is 0.388. The van der Waals surface area contributed by atoms with Crippen LogP contribution in [0.15, 0.2) is 35.0 Å². The summed E-state index contributed by atoms with van der Waals surface area (Å²) in [6.45, 7) is 1.62. The summed E-state index contributed by atoms with van der Waals surface area (Å²) in [7, 11) is 0. The second-order valence-electron chi connectivity index (χ2n) is 6.32. The highest BCUT2D eigenvalue weighted by molar-refractivity contribution is 5.43. The summed E-state index contributed by atoms with van der Waals surface area (Å²) in [6.07, 6.45) is 4.20. The van der Waals surface area contributed by atoms with Crippen LogP contribution in [0.5, 0.6) is 0 Å². The van der Waals surface area contributed by atoms with Gasteiger partial charge in [-0.2, -0.15) is 10.1 Å². The molecule has 1 aliphatic rings. The van der Waals surface area contributed by atoms with Crippen LogP contribution in [-0.4, -0.2) is 33.4 Å². The Labute approximate surface area is 144 Å². The van der Waals surface area contributed by atoms with Crippen LogP contribution in [0.1, 0.15) is 35.8 Å². The second kappa shape index (κ2) is 6.54. The van der Waals surface area contributed by atoms with Crippen molar-refractivity contribution in [2.24, 2.45) is 0 Å². The van der Waals surface area contributed by atoms with Crippen molar-refractivity contribution >= 4 is 11.7 Å². The fourth-order valence-electron chi connectivity index (χ4n) is 3.25. The lowest BCUT2D eigenvalue weighted by Gasteiger charge is -2.30. The summed E-state index contributed by atoms with van der Waals surface area (Å²) in [4.78, 5) is 6.57. The number of nitrogen functional groups attached to an aromatic ring is 1. The molecule has 0 spiro atoms. The highest BCUT2D eigenvalue weighted by Gasteiger charge is 2.27. The number of rotatable bonds is 4. The molecule has 7 nitrogen and oxygen atoms in total. The zero-order valence-electron chi connectivity index (χ0n) is 13.7. The van der Waals surface area contributed by atoms with Crippen molar-refractivity contribution in [3.63, 3.8) is 0 Å². The molecule has 0 amide bonds. The Hall–Kier alpha value is -2.90. The van der Waals surface area contributed by atoms with Gasteiger partial charge in [-0.25, -0.2) is 4.39 Å². The van der Waals surface area contributed by atoms with Gasteiger partial charge in [-0.05, 0) is 30.5 Å². The third kappa shape index (κ3) is 3.33. The van der Waals surface area contributed by atoms with E-state index in [1.165, 1.54) is 12.1 Å². The molecule has 130 valence electrons. The smallest absolute Gasteiger partial charge is 0.324 e. The molecule has 1 aromatic carbocycles. The van der Waals surface area contributed by atoms with Crippen molar-refractivity contribution in [2.45, 2.75) is 25.2 Å². The van der Waals surface area contributed by atoms with E-state index in [1.54, 1.807) is 18.3 Å². The van der Waals surface area contributed by atoms with Crippen molar-refractivity contribution in [3.05, 3.63) is 53.4 Å². The predicted molar refractivity (Wildman–Crippen MR) is 90.7 cm³/mol. The lowest BCUT2D eigenvalue weighted by Crippen LogP contribution is -2.35. The minimum absolute atomic E-state index is 0.255. The minimum atomic E-state index is -0.255. The number of nitrogens with zero attached hydrogens (tertiary/aromatic N) is 4. The number of nitrogens with one attached hydrogen (secondary N) is 1. The summed E-state index contributed by atoms with van der Waals surface area (Å²) >= 11 is 0. The standard InChI is InChI=1S/C17H19FN6O/c18-13-5-3-11(4-6-13)8-15-21-17(25-23-15)24-7-1-2-12(10-24)16-14(19)9-20-22-16/h3-6,9,12H,1-2,7-8,10,19H2,(H,20,22). The average molecular weight is 342 g/mol. The predicted octanol–water partition coefficient (Wildman–Crippen LogP) is 2.49. The van der Waals surface area contributed by atoms with Crippen LogP contribution in [0, 0.1) is 5.82 Å². The van der Waals surface area contributed by atoms with Gasteiger partial charge in [0.1, 0.15) is 5.82 Å². The highest BCUT2D eigenvalue weighted by atomic mass is 19.1. The summed E-state index contributed by atoms with van der Waals surface area (Å²) in [5.41, 5.74) is 8.56. The fraction of sp³-hybridized carbons (Fsp3) is 0.353. The monoisotopic (exact) mass is 342 g/mol. The van der Waals surface area contributed by atoms with Crippen LogP contribution in [-0.2, 0) is 6.42 Å². The van der Waals surface area contributed by atoms with E-state index in [9.17, 15) is 4.39 Å². The Kier molecular flexibility index (Phi) is 4.09. The van der Waals surface area contributed by atoms with E-state index in [-0.39, 0.29) is 11.7 Å². The van der Waals surface area contributed by atoms with Crippen LogP contribution in [0.4, 0.5) is 16.1 Å². The molecule has 3 aromatic rings. The first-order chi connectivity index (χ1) is 12.2. The van der Waals surface area contributed by atoms with Crippen molar-refractivity contribution in [1.29, 1.82) is 0 Å². The SMILES string of the molecule is Nc1cn[nH]c1C1CCCN(c2nc(Cc3ccc(F)cc3)no2)C1. The summed E-state index contributed by atoms with van der Waals surface area (Å²) in [5, 5.41) is 11.0. The van der Waals surface area contributed by atoms with E-state index < -0.39 is 0 Å². The maximum absolute atomic E-state index is 13.0. The normalized spacial score (nSPS) is 17.8. The van der Waals surface area contributed by atoms with E-state index in [0.29, 0.717) is 23.9 Å². The molecule has 3 N–H and O–H groups in total. The molecule has 1 saturated heterocycles. The molecule has 0 bridgehead atoms. The first-order valence-electron chi connectivity index (χ1n) is 8.30. The van der Waals surface area contributed by atoms with Gasteiger partial charge in [0, 0.05) is 25.4 Å². The number of benzene rings is 1. The van der Waals surface area contributed by atoms with Crippen molar-refractivity contribution in [3.8, 4) is 0 Å². The van der Waals surface area contributed by atoms with Crippen LogP contribution in [0.3, 0.4) is 0 Å². The molecule has 0 aliphatic carbocycles. The number of hydrogen-bond donors (Lipinski definition) is 2. The molecule has 1 aliphatic heterocycles. The van der Waals surface area contributed by atoms with Gasteiger partial charge in [-0.15, -0.1) is 0 Å². The van der Waals surface area contributed by atoms with Crippen LogP contribution < -0.4 is 10.6 Å². The molecule has 2 aromatic heterocycles. The van der Waals surface area contributed by atoms with Gasteiger partial charge in [-0.3, -0.25) is 5.10 Å². The number of anilines is 2. The number of aromatic nitrogens is 4. The summed E-state index contributed by atoms with van der Waals surface area (Å²) < 4.78 is 18.4. The van der Waals surface area contributed by atoms with E-state index >= 15 is 0 Å². The minimum Gasteiger partial charge on any atom is -0.396 e. The largest absolute Gasteiger partial charge is 0.396 e. The third-order valence-electron chi connectivity index (χ3n) is 4.53. The quantitative estimate of drug-likeness (QED) is 0.756. The Morgan fingerprint density at radius 2 is 2.16 bits per heavy atom. The van der Waals surface area contributed by atoms with Crippen molar-refractivity contribution in [1.82, 2.24) is 20.3 Å². The molecule has 4 rings (SSSR count). The topological polar surface area (TPSA) is 96.9 Å². The van der Waals surface area contributed by atoms with Crippen LogP contribution in [0.2, 0.25) is 0 Å². The Morgan fingerprint density at radius 3 is 2.92 bits per heavy atom. The van der Waals surface area contributed by atoms with Gasteiger partial charge in [0.05, 0.1) is 17.6 Å². The maximum Gasteiger partial charge on any atom is 0.324 e. The Balaban J connectivity index is 1.46. The van der Waals surface area contributed by atoms with Gasteiger partial charge in [0.15, 0.2) is 5.82 Å². The van der Waals surface area contributed by atoms with Crippen molar-refractivity contribution < 1.29 is 8.91 Å². The van der Waals surface area contributed by atoms with Gasteiger partial charge in [0.25, 0.3) is 0 Å². The van der Waals surface area contributed by atoms with Crippen molar-refractivity contribution in [2.75, 3.05) is 23.7 Å². The first-order valence-corrected chi connectivity index (χ1v) is 8.30. The molecule has 1 unspecified atom stereocenters. The van der Waals surface area contributed by atoms with Gasteiger partial charge in [0.2, 0.25) is 0 Å². The van der Waals surface area contributed by atoms with E-state index in [4.69, 9.17) is 10.3 Å². The van der Waals surface area contributed by atoms with Crippen LogP contribution >= 0.6 is 0 Å². The second-order valence-corrected chi connectivity index (χ2v) is 6.32. The molecule has 3 heterocycles. The molecule has 1 fully saturated rings. The molecule has 1 atom stereocenters. The lowest BCUT2D eigenvalue weighted by atomic mass is 9.94. The number of halogens is 1. The number of hydrogen-bond acceptors (Lipinski definition) is 6. The molecule has 0 saturated carbocycles. The third-order valence-corrected chi connectivity index (χ3v) is 4.53. The van der Waals surface area contributed by atoms with E-state index in [2.05, 4.69) is 25.2 Å². The van der Waals surface area contributed by atoms with Gasteiger partial charge in [-0.1, -0.05) is 17.3 Å². The van der Waals surface area contributed by atoms with Gasteiger partial charge < -0.3 is 15.2 Å². The van der Waals surface area contributed by atoms with E-state index in [1.807, 2.05) is 0 Å². The molecular formula is C17H19FN6O. The maximum atomic E-state index is 13.0. The fourth-order valence-corrected chi connectivity index (χ4v) is 3.25. The Bertz CT molecular complexity index is 843. The average Bonchev–Trinajstić information content (AvgIpc) is 3.26. The Morgan fingerprint density at radius 1 is 1.32 bits per heavy atom. The van der Waals surface area contributed by atoms with Crippen LogP contribution in [0.25, 0.3) is 0 Å². The number of piperidine rings is 1. The first kappa shape index (κ1) is 15.6. The molecule has 8 heteroatoms. The molecule has 25 heavy (non-hydrogen) atoms. The zero-order chi connectivity index (χ0) is 17.2. The number of H-pyrrole nitrogens is 1. The molecular weight excluding hydrogens is 323 g/mol. The van der Waals surface area contributed by atoms with E-state index in [0.717, 1.165) is 37.2 Å².